The van der Waals surface area contributed by atoms with Crippen LogP contribution in [-0.4, -0.2) is 89.2 Å². The van der Waals surface area contributed by atoms with E-state index in [4.69, 9.17) is 23.7 Å². The van der Waals surface area contributed by atoms with Crippen molar-refractivity contribution < 1.29 is 58.2 Å². The normalized spacial score (nSPS) is 18.8. The summed E-state index contributed by atoms with van der Waals surface area (Å²) in [5.74, 6) is -3.16. The molecular weight excluding hydrogens is 901 g/mol. The van der Waals surface area contributed by atoms with E-state index < -0.39 is 67.3 Å². The molecule has 0 aromatic rings. The first-order chi connectivity index (χ1) is 34.6. The summed E-state index contributed by atoms with van der Waals surface area (Å²) in [4.78, 5) is 51.0. The van der Waals surface area contributed by atoms with Gasteiger partial charge in [-0.2, -0.15) is 0 Å². The van der Waals surface area contributed by atoms with Crippen LogP contribution in [0.5, 0.6) is 0 Å². The molecule has 0 amide bonds. The molecule has 0 radical (unpaired) electrons. The highest BCUT2D eigenvalue weighted by molar-refractivity contribution is 5.74. The van der Waals surface area contributed by atoms with E-state index in [0.29, 0.717) is 25.7 Å². The van der Waals surface area contributed by atoms with Crippen LogP contribution in [0.15, 0.2) is 48.6 Å². The maximum absolute atomic E-state index is 13.1. The first-order valence-electron chi connectivity index (χ1n) is 28.6. The van der Waals surface area contributed by atoms with Gasteiger partial charge in [0.2, 0.25) is 0 Å². The van der Waals surface area contributed by atoms with Gasteiger partial charge in [0.25, 0.3) is 0 Å². The van der Waals surface area contributed by atoms with Crippen molar-refractivity contribution in [2.75, 3.05) is 13.2 Å². The topological polar surface area (TPSA) is 175 Å². The van der Waals surface area contributed by atoms with Gasteiger partial charge in [-0.15, -0.1) is 0 Å². The monoisotopic (exact) mass is 1000 g/mol. The molecular formula is C59H102O12. The Kier molecular flexibility index (Phi) is 44.1. The lowest BCUT2D eigenvalue weighted by atomic mass is 9.98. The predicted molar refractivity (Wildman–Crippen MR) is 285 cm³/mol. The number of carbonyl (C=O) groups is 4. The molecule has 1 aliphatic heterocycles. The van der Waals surface area contributed by atoms with Crippen LogP contribution in [-0.2, 0) is 42.9 Å². The molecule has 0 aromatic heterocycles. The van der Waals surface area contributed by atoms with Crippen molar-refractivity contribution in [1.82, 2.24) is 0 Å². The van der Waals surface area contributed by atoms with E-state index in [1.165, 1.54) is 116 Å². The minimum absolute atomic E-state index is 0.0104. The number of aliphatic hydroxyl groups is 2. The summed E-state index contributed by atoms with van der Waals surface area (Å²) < 4.78 is 28.3. The van der Waals surface area contributed by atoms with Gasteiger partial charge in [0.15, 0.2) is 24.6 Å². The van der Waals surface area contributed by atoms with Gasteiger partial charge in [-0.3, -0.25) is 14.4 Å². The van der Waals surface area contributed by atoms with Crippen LogP contribution in [0.1, 0.15) is 252 Å². The Balaban J connectivity index is 2.71. The second-order valence-corrected chi connectivity index (χ2v) is 19.6. The number of aliphatic carboxylic acids is 1. The third-order valence-corrected chi connectivity index (χ3v) is 12.9. The first kappa shape index (κ1) is 65.7. The van der Waals surface area contributed by atoms with Crippen LogP contribution in [0.2, 0.25) is 0 Å². The molecule has 0 bridgehead atoms. The Bertz CT molecular complexity index is 1420. The van der Waals surface area contributed by atoms with Gasteiger partial charge in [-0.05, 0) is 57.8 Å². The maximum atomic E-state index is 13.1. The lowest BCUT2D eigenvalue weighted by Gasteiger charge is -2.40. The molecule has 0 aliphatic carbocycles. The second kappa shape index (κ2) is 47.7. The van der Waals surface area contributed by atoms with Crippen LogP contribution in [0, 0.1) is 0 Å². The molecule has 1 fully saturated rings. The number of ether oxygens (including phenoxy) is 5. The Hall–Kier alpha value is -3.32. The average molecular weight is 1000 g/mol. The van der Waals surface area contributed by atoms with Crippen molar-refractivity contribution in [1.29, 1.82) is 0 Å². The zero-order valence-corrected chi connectivity index (χ0v) is 45.0. The lowest BCUT2D eigenvalue weighted by Crippen LogP contribution is -2.61. The summed E-state index contributed by atoms with van der Waals surface area (Å²) >= 11 is 0. The van der Waals surface area contributed by atoms with E-state index in [1.807, 2.05) is 0 Å². The molecule has 6 atom stereocenters. The zero-order chi connectivity index (χ0) is 51.8. The number of carboxylic acids is 1. The fraction of sp³-hybridized carbons (Fsp3) is 0.797. The highest BCUT2D eigenvalue weighted by atomic mass is 16.7. The molecule has 1 heterocycles. The minimum atomic E-state index is -1.91. The number of esters is 3. The summed E-state index contributed by atoms with van der Waals surface area (Å²) in [6.07, 6.45) is 43.8. The van der Waals surface area contributed by atoms with E-state index in [1.54, 1.807) is 0 Å². The Morgan fingerprint density at radius 2 is 0.887 bits per heavy atom. The molecule has 0 spiro atoms. The van der Waals surface area contributed by atoms with Crippen molar-refractivity contribution in [3.63, 3.8) is 0 Å². The number of hydrogen-bond donors (Lipinski definition) is 3. The molecule has 0 saturated carbocycles. The lowest BCUT2D eigenvalue weighted by molar-refractivity contribution is -0.301. The quantitative estimate of drug-likeness (QED) is 0.0228. The molecule has 6 unspecified atom stereocenters. The number of carbonyl (C=O) groups excluding carboxylic acids is 3. The number of carboxylic acid groups (broad SMARTS) is 1. The molecule has 3 N–H and O–H groups in total. The Labute approximate surface area is 431 Å². The van der Waals surface area contributed by atoms with Gasteiger partial charge < -0.3 is 39.0 Å². The number of rotatable bonds is 48. The molecule has 1 rings (SSSR count). The third kappa shape index (κ3) is 38.0. The number of aliphatic hydroxyl groups excluding tert-OH is 2. The van der Waals surface area contributed by atoms with Crippen LogP contribution in [0.4, 0.5) is 0 Å². The number of allylic oxidation sites excluding steroid dienone is 8. The molecule has 1 aliphatic rings. The average Bonchev–Trinajstić information content (AvgIpc) is 3.35. The fourth-order valence-electron chi connectivity index (χ4n) is 8.54. The number of hydrogen-bond acceptors (Lipinski definition) is 11. The van der Waals surface area contributed by atoms with Crippen molar-refractivity contribution in [3.05, 3.63) is 48.6 Å². The molecule has 410 valence electrons. The van der Waals surface area contributed by atoms with Crippen molar-refractivity contribution in [2.24, 2.45) is 0 Å². The minimum Gasteiger partial charge on any atom is -0.479 e. The van der Waals surface area contributed by atoms with Crippen molar-refractivity contribution in [3.8, 4) is 0 Å². The first-order valence-corrected chi connectivity index (χ1v) is 28.6. The van der Waals surface area contributed by atoms with E-state index >= 15 is 0 Å². The SMILES string of the molecule is CC/C=C\C/C=C\C/C=C\C/C=C\CCCCC(=O)OC1C(OCC(COC(=O)CCCCCCCCCCCCCCCCC)OC(=O)CCCCCCCCCCCCC)OC(C(=O)O)C(O)C1O. The van der Waals surface area contributed by atoms with Gasteiger partial charge in [0, 0.05) is 19.3 Å². The highest BCUT2D eigenvalue weighted by Gasteiger charge is 2.50. The summed E-state index contributed by atoms with van der Waals surface area (Å²) in [6.45, 7) is 5.86. The summed E-state index contributed by atoms with van der Waals surface area (Å²) in [5.41, 5.74) is 0. The maximum Gasteiger partial charge on any atom is 0.335 e. The largest absolute Gasteiger partial charge is 0.479 e. The summed E-state index contributed by atoms with van der Waals surface area (Å²) in [5, 5.41) is 31.4. The zero-order valence-electron chi connectivity index (χ0n) is 45.0. The predicted octanol–water partition coefficient (Wildman–Crippen LogP) is 14.2. The van der Waals surface area contributed by atoms with Crippen LogP contribution in [0.3, 0.4) is 0 Å². The van der Waals surface area contributed by atoms with Crippen LogP contribution >= 0.6 is 0 Å². The summed E-state index contributed by atoms with van der Waals surface area (Å²) in [6, 6.07) is 0. The van der Waals surface area contributed by atoms with E-state index in [9.17, 15) is 34.5 Å². The molecule has 0 aromatic carbocycles. The van der Waals surface area contributed by atoms with Crippen molar-refractivity contribution in [2.45, 2.75) is 289 Å². The van der Waals surface area contributed by atoms with Crippen LogP contribution in [0.25, 0.3) is 0 Å². The van der Waals surface area contributed by atoms with Crippen molar-refractivity contribution >= 4 is 23.9 Å². The highest BCUT2D eigenvalue weighted by Crippen LogP contribution is 2.26. The fourth-order valence-corrected chi connectivity index (χ4v) is 8.54. The van der Waals surface area contributed by atoms with Crippen LogP contribution < -0.4 is 0 Å². The molecule has 71 heavy (non-hydrogen) atoms. The number of unbranched alkanes of at least 4 members (excludes halogenated alkanes) is 26. The van der Waals surface area contributed by atoms with Gasteiger partial charge >= 0.3 is 23.9 Å². The second-order valence-electron chi connectivity index (χ2n) is 19.6. The Morgan fingerprint density at radius 1 is 0.479 bits per heavy atom. The van der Waals surface area contributed by atoms with Gasteiger partial charge in [0.05, 0.1) is 6.61 Å². The smallest absolute Gasteiger partial charge is 0.335 e. The Morgan fingerprint density at radius 3 is 1.35 bits per heavy atom. The standard InChI is InChI=1S/C59H102O12/c1-4-7-10-13-16-19-22-24-26-28-31-33-36-39-42-45-51(60)67-48-50(69-52(61)46-43-40-37-34-30-21-18-15-12-9-6-3)49-68-59-57(55(64)54(63)56(71-59)58(65)66)70-53(62)47-44-41-38-35-32-29-27-25-23-20-17-14-11-8-5-2/h8,11,17,20,25,27,32,35,50,54-57,59,63-64H,4-7,9-10,12-16,18-19,21-24,26,28-31,33-34,36-49H2,1-3H3,(H,65,66)/b11-8-,20-17-,27-25-,35-32-. The summed E-state index contributed by atoms with van der Waals surface area (Å²) in [7, 11) is 0. The van der Waals surface area contributed by atoms with Gasteiger partial charge in [-0.25, -0.2) is 4.79 Å². The van der Waals surface area contributed by atoms with E-state index in [0.717, 1.165) is 70.6 Å². The van der Waals surface area contributed by atoms with E-state index in [2.05, 4.69) is 69.4 Å². The van der Waals surface area contributed by atoms with Gasteiger partial charge in [-0.1, -0.05) is 223 Å². The molecule has 1 saturated heterocycles. The molecule has 12 nitrogen and oxygen atoms in total. The van der Waals surface area contributed by atoms with E-state index in [-0.39, 0.29) is 25.9 Å². The third-order valence-electron chi connectivity index (χ3n) is 12.9. The van der Waals surface area contributed by atoms with Gasteiger partial charge in [0.1, 0.15) is 18.8 Å². The molecule has 12 heteroatoms.